The Balaban J connectivity index is 2.65. The standard InChI is InChI=1S/C13H12ClF3N4O2/c1-19-12(23)8(5-18)10(22)2-3-20-11-9(14)4-7(6-21-11)13(15,16)17/h4,6,8H,2-3H2,1H3,(H,19,23)(H,20,21)/t8-/m0/s1. The highest BCUT2D eigenvalue weighted by atomic mass is 35.5. The number of hydrogen-bond donors (Lipinski definition) is 2. The third-order valence-corrected chi connectivity index (χ3v) is 3.08. The molecule has 1 aromatic rings. The van der Waals surface area contributed by atoms with Gasteiger partial charge in [-0.05, 0) is 6.07 Å². The zero-order chi connectivity index (χ0) is 17.6. The third kappa shape index (κ3) is 5.10. The SMILES string of the molecule is CNC(=O)[C@@H](C#N)C(=O)CCNc1ncc(C(F)(F)F)cc1Cl. The molecule has 1 aromatic heterocycles. The Morgan fingerprint density at radius 3 is 2.61 bits per heavy atom. The summed E-state index contributed by atoms with van der Waals surface area (Å²) in [5.74, 6) is -2.80. The minimum atomic E-state index is -4.56. The van der Waals surface area contributed by atoms with E-state index < -0.39 is 29.3 Å². The van der Waals surface area contributed by atoms with Crippen LogP contribution in [-0.2, 0) is 15.8 Å². The second-order valence-electron chi connectivity index (χ2n) is 4.37. The van der Waals surface area contributed by atoms with Crippen LogP contribution in [0, 0.1) is 17.2 Å². The Bertz CT molecular complexity index is 643. The second-order valence-corrected chi connectivity index (χ2v) is 4.78. The third-order valence-electron chi connectivity index (χ3n) is 2.79. The molecule has 1 rings (SSSR count). The van der Waals surface area contributed by atoms with Gasteiger partial charge in [-0.3, -0.25) is 9.59 Å². The molecule has 0 aliphatic heterocycles. The molecule has 10 heteroatoms. The highest BCUT2D eigenvalue weighted by Crippen LogP contribution is 2.32. The molecule has 0 spiro atoms. The van der Waals surface area contributed by atoms with Gasteiger partial charge in [0.15, 0.2) is 11.7 Å². The van der Waals surface area contributed by atoms with Gasteiger partial charge in [-0.1, -0.05) is 11.6 Å². The van der Waals surface area contributed by atoms with Crippen molar-refractivity contribution in [2.24, 2.45) is 5.92 Å². The number of nitriles is 1. The fourth-order valence-electron chi connectivity index (χ4n) is 1.59. The van der Waals surface area contributed by atoms with Crippen molar-refractivity contribution in [1.82, 2.24) is 10.3 Å². The summed E-state index contributed by atoms with van der Waals surface area (Å²) in [5, 5.41) is 13.3. The first-order valence-electron chi connectivity index (χ1n) is 6.31. The molecule has 0 fully saturated rings. The lowest BCUT2D eigenvalue weighted by Gasteiger charge is -2.11. The summed E-state index contributed by atoms with van der Waals surface area (Å²) in [6.07, 6.45) is -4.14. The smallest absolute Gasteiger partial charge is 0.368 e. The Morgan fingerprint density at radius 2 is 2.13 bits per heavy atom. The molecule has 0 aromatic carbocycles. The average Bonchev–Trinajstić information content (AvgIpc) is 2.48. The predicted molar refractivity (Wildman–Crippen MR) is 75.5 cm³/mol. The second kappa shape index (κ2) is 7.78. The summed E-state index contributed by atoms with van der Waals surface area (Å²) in [7, 11) is 1.30. The Labute approximate surface area is 134 Å². The number of carbonyl (C=O) groups excluding carboxylic acids is 2. The van der Waals surface area contributed by atoms with Gasteiger partial charge in [0, 0.05) is 26.2 Å². The number of ketones is 1. The van der Waals surface area contributed by atoms with Crippen LogP contribution in [0.4, 0.5) is 19.0 Å². The lowest BCUT2D eigenvalue weighted by atomic mass is 10.0. The van der Waals surface area contributed by atoms with Crippen molar-refractivity contribution in [3.05, 3.63) is 22.8 Å². The summed E-state index contributed by atoms with van der Waals surface area (Å²) in [6, 6.07) is 2.29. The molecule has 0 unspecified atom stereocenters. The number of nitrogens with one attached hydrogen (secondary N) is 2. The molecule has 1 amide bonds. The zero-order valence-corrected chi connectivity index (χ0v) is 12.6. The molecular formula is C13H12ClF3N4O2. The zero-order valence-electron chi connectivity index (χ0n) is 11.9. The highest BCUT2D eigenvalue weighted by molar-refractivity contribution is 6.33. The molecule has 1 atom stereocenters. The van der Waals surface area contributed by atoms with Crippen LogP contribution < -0.4 is 10.6 Å². The van der Waals surface area contributed by atoms with Crippen LogP contribution in [0.25, 0.3) is 0 Å². The number of halogens is 4. The fraction of sp³-hybridized carbons (Fsp3) is 0.385. The number of hydrogen-bond acceptors (Lipinski definition) is 5. The van der Waals surface area contributed by atoms with E-state index in [-0.39, 0.29) is 23.8 Å². The van der Waals surface area contributed by atoms with E-state index in [4.69, 9.17) is 16.9 Å². The topological polar surface area (TPSA) is 94.9 Å². The van der Waals surface area contributed by atoms with Crippen LogP contribution in [0.15, 0.2) is 12.3 Å². The summed E-state index contributed by atoms with van der Waals surface area (Å²) in [4.78, 5) is 26.5. The molecule has 0 saturated heterocycles. The number of amides is 1. The van der Waals surface area contributed by atoms with Crippen LogP contribution in [0.2, 0.25) is 5.02 Å². The molecule has 0 aliphatic carbocycles. The van der Waals surface area contributed by atoms with E-state index >= 15 is 0 Å². The molecule has 23 heavy (non-hydrogen) atoms. The molecule has 1 heterocycles. The van der Waals surface area contributed by atoms with E-state index in [1.165, 1.54) is 7.05 Å². The average molecular weight is 349 g/mol. The number of alkyl halides is 3. The number of anilines is 1. The van der Waals surface area contributed by atoms with Crippen LogP contribution in [-0.4, -0.2) is 30.3 Å². The van der Waals surface area contributed by atoms with Crippen molar-refractivity contribution in [2.45, 2.75) is 12.6 Å². The van der Waals surface area contributed by atoms with Crippen LogP contribution in [0.5, 0.6) is 0 Å². The summed E-state index contributed by atoms with van der Waals surface area (Å²) in [6.45, 7) is -0.0356. The van der Waals surface area contributed by atoms with Gasteiger partial charge in [-0.2, -0.15) is 18.4 Å². The van der Waals surface area contributed by atoms with Crippen LogP contribution in [0.3, 0.4) is 0 Å². The first-order chi connectivity index (χ1) is 10.7. The minimum Gasteiger partial charge on any atom is -0.368 e. The fourth-order valence-corrected chi connectivity index (χ4v) is 1.83. The van der Waals surface area contributed by atoms with E-state index in [1.807, 2.05) is 0 Å². The summed E-state index contributed by atoms with van der Waals surface area (Å²) < 4.78 is 37.4. The first kappa shape index (κ1) is 18.7. The molecule has 124 valence electrons. The van der Waals surface area contributed by atoms with Gasteiger partial charge in [-0.15, -0.1) is 0 Å². The number of carbonyl (C=O) groups is 2. The van der Waals surface area contributed by atoms with E-state index in [0.29, 0.717) is 12.3 Å². The molecule has 2 N–H and O–H groups in total. The number of nitrogens with zero attached hydrogens (tertiary/aromatic N) is 2. The lowest BCUT2D eigenvalue weighted by Crippen LogP contribution is -2.32. The normalized spacial score (nSPS) is 12.2. The maximum atomic E-state index is 12.5. The molecule has 0 saturated carbocycles. The van der Waals surface area contributed by atoms with Crippen LogP contribution >= 0.6 is 11.6 Å². The van der Waals surface area contributed by atoms with Crippen LogP contribution in [0.1, 0.15) is 12.0 Å². The van der Waals surface area contributed by atoms with Gasteiger partial charge >= 0.3 is 6.18 Å². The van der Waals surface area contributed by atoms with Gasteiger partial charge in [0.1, 0.15) is 5.82 Å². The number of pyridine rings is 1. The van der Waals surface area contributed by atoms with Crippen molar-refractivity contribution in [3.63, 3.8) is 0 Å². The van der Waals surface area contributed by atoms with E-state index in [0.717, 1.165) is 0 Å². The number of aromatic nitrogens is 1. The molecule has 0 bridgehead atoms. The van der Waals surface area contributed by atoms with Crippen molar-refractivity contribution in [1.29, 1.82) is 5.26 Å². The van der Waals surface area contributed by atoms with E-state index in [2.05, 4.69) is 15.6 Å². The largest absolute Gasteiger partial charge is 0.417 e. The number of rotatable bonds is 6. The van der Waals surface area contributed by atoms with E-state index in [1.54, 1.807) is 6.07 Å². The molecule has 6 nitrogen and oxygen atoms in total. The van der Waals surface area contributed by atoms with Crippen molar-refractivity contribution in [3.8, 4) is 6.07 Å². The molecular weight excluding hydrogens is 337 g/mol. The summed E-state index contributed by atoms with van der Waals surface area (Å²) >= 11 is 5.69. The lowest BCUT2D eigenvalue weighted by molar-refractivity contribution is -0.138. The predicted octanol–water partition coefficient (Wildman–Crippen LogP) is 2.01. The minimum absolute atomic E-state index is 0.0269. The van der Waals surface area contributed by atoms with Crippen molar-refractivity contribution < 1.29 is 22.8 Å². The highest BCUT2D eigenvalue weighted by Gasteiger charge is 2.31. The monoisotopic (exact) mass is 348 g/mol. The van der Waals surface area contributed by atoms with Gasteiger partial charge in [0.25, 0.3) is 0 Å². The quantitative estimate of drug-likeness (QED) is 0.767. The maximum absolute atomic E-state index is 12.5. The summed E-state index contributed by atoms with van der Waals surface area (Å²) in [5.41, 5.74) is -0.992. The van der Waals surface area contributed by atoms with Crippen molar-refractivity contribution in [2.75, 3.05) is 18.9 Å². The first-order valence-corrected chi connectivity index (χ1v) is 6.69. The number of Topliss-reactive ketones (excluding diaryl/α,β-unsaturated/α-hetero) is 1. The Kier molecular flexibility index (Phi) is 6.33. The Morgan fingerprint density at radius 1 is 1.48 bits per heavy atom. The van der Waals surface area contributed by atoms with Gasteiger partial charge < -0.3 is 10.6 Å². The Hall–Kier alpha value is -2.34. The maximum Gasteiger partial charge on any atom is 0.417 e. The van der Waals surface area contributed by atoms with Crippen molar-refractivity contribution >= 4 is 29.1 Å². The van der Waals surface area contributed by atoms with Gasteiger partial charge in [0.05, 0.1) is 16.7 Å². The molecule has 0 radical (unpaired) electrons. The van der Waals surface area contributed by atoms with E-state index in [9.17, 15) is 22.8 Å². The van der Waals surface area contributed by atoms with Gasteiger partial charge in [0.2, 0.25) is 5.91 Å². The van der Waals surface area contributed by atoms with Gasteiger partial charge in [-0.25, -0.2) is 4.98 Å². The molecule has 0 aliphatic rings.